The number of rotatable bonds is 9. The lowest BCUT2D eigenvalue weighted by Gasteiger charge is -2.29. The van der Waals surface area contributed by atoms with Crippen molar-refractivity contribution in [3.63, 3.8) is 0 Å². The first-order valence-corrected chi connectivity index (χ1v) is 11.7. The van der Waals surface area contributed by atoms with Crippen molar-refractivity contribution in [1.82, 2.24) is 15.2 Å². The molecule has 2 aromatic carbocycles. The maximum Gasteiger partial charge on any atom is 0.273 e. The highest BCUT2D eigenvalue weighted by molar-refractivity contribution is 5.91. The number of nitrogens with zero attached hydrogens (tertiary/aromatic N) is 2. The smallest absolute Gasteiger partial charge is 0.273 e. The average molecular weight is 448 g/mol. The Morgan fingerprint density at radius 2 is 2.00 bits per heavy atom. The minimum Gasteiger partial charge on any atom is -0.447 e. The van der Waals surface area contributed by atoms with Gasteiger partial charge in [0.15, 0.2) is 5.69 Å². The topological polar surface area (TPSA) is 67.6 Å². The predicted molar refractivity (Wildman–Crippen MR) is 128 cm³/mol. The van der Waals surface area contributed by atoms with E-state index in [4.69, 9.17) is 9.15 Å². The van der Waals surface area contributed by atoms with E-state index < -0.39 is 0 Å². The van der Waals surface area contributed by atoms with E-state index in [0.29, 0.717) is 24.7 Å². The summed E-state index contributed by atoms with van der Waals surface area (Å²) in [4.78, 5) is 19.3. The van der Waals surface area contributed by atoms with Crippen molar-refractivity contribution in [1.29, 1.82) is 0 Å². The number of amides is 1. The number of hydrogen-bond donors (Lipinski definition) is 1. The molecule has 1 aromatic heterocycles. The highest BCUT2D eigenvalue weighted by Crippen LogP contribution is 2.26. The van der Waals surface area contributed by atoms with Gasteiger partial charge in [0.05, 0.1) is 12.6 Å². The highest BCUT2D eigenvalue weighted by atomic mass is 16.5. The lowest BCUT2D eigenvalue weighted by atomic mass is 10.0. The molecule has 0 radical (unpaired) electrons. The van der Waals surface area contributed by atoms with Gasteiger partial charge in [-0.3, -0.25) is 9.69 Å². The van der Waals surface area contributed by atoms with Crippen LogP contribution in [-0.4, -0.2) is 35.0 Å². The minimum absolute atomic E-state index is 0.0973. The summed E-state index contributed by atoms with van der Waals surface area (Å²) in [6.07, 6.45) is 3.57. The van der Waals surface area contributed by atoms with Crippen LogP contribution in [0, 0.1) is 13.8 Å². The van der Waals surface area contributed by atoms with Crippen molar-refractivity contribution in [2.45, 2.75) is 58.8 Å². The van der Waals surface area contributed by atoms with Gasteiger partial charge in [0.25, 0.3) is 5.91 Å². The SMILES string of the molecule is Cc1ccc(C)c(CN(Cc2nc(C(=O)NC[C@H]3CCCO3)co2)[C@@H](C)c2ccccc2)c1. The zero-order valence-electron chi connectivity index (χ0n) is 19.7. The summed E-state index contributed by atoms with van der Waals surface area (Å²) in [5, 5.41) is 2.91. The van der Waals surface area contributed by atoms with Crippen LogP contribution in [0.5, 0.6) is 0 Å². The molecule has 1 aliphatic heterocycles. The molecule has 1 fully saturated rings. The molecule has 6 nitrogen and oxygen atoms in total. The van der Waals surface area contributed by atoms with Crippen molar-refractivity contribution < 1.29 is 13.9 Å². The Morgan fingerprint density at radius 3 is 2.76 bits per heavy atom. The zero-order chi connectivity index (χ0) is 23.2. The van der Waals surface area contributed by atoms with E-state index in [0.717, 1.165) is 26.0 Å². The number of aryl methyl sites for hydroxylation is 2. The van der Waals surface area contributed by atoms with Crippen LogP contribution in [0.1, 0.15) is 64.4 Å². The Balaban J connectivity index is 1.49. The Bertz CT molecular complexity index is 1060. The van der Waals surface area contributed by atoms with Crippen LogP contribution in [0.25, 0.3) is 0 Å². The van der Waals surface area contributed by atoms with Gasteiger partial charge < -0.3 is 14.5 Å². The van der Waals surface area contributed by atoms with E-state index in [1.807, 2.05) is 6.07 Å². The number of carbonyl (C=O) groups is 1. The van der Waals surface area contributed by atoms with Gasteiger partial charge in [0, 0.05) is 25.7 Å². The Morgan fingerprint density at radius 1 is 1.18 bits per heavy atom. The van der Waals surface area contributed by atoms with Crippen LogP contribution in [0.4, 0.5) is 0 Å². The number of nitrogens with one attached hydrogen (secondary N) is 1. The third kappa shape index (κ3) is 6.09. The van der Waals surface area contributed by atoms with E-state index in [1.54, 1.807) is 0 Å². The van der Waals surface area contributed by atoms with E-state index in [1.165, 1.54) is 28.5 Å². The summed E-state index contributed by atoms with van der Waals surface area (Å²) in [5.74, 6) is 0.308. The molecular formula is C27H33N3O3. The molecule has 0 spiro atoms. The summed E-state index contributed by atoms with van der Waals surface area (Å²) >= 11 is 0. The number of ether oxygens (including phenoxy) is 1. The van der Waals surface area contributed by atoms with Crippen LogP contribution in [-0.2, 0) is 17.8 Å². The minimum atomic E-state index is -0.224. The molecular weight excluding hydrogens is 414 g/mol. The second-order valence-corrected chi connectivity index (χ2v) is 8.89. The first-order chi connectivity index (χ1) is 16.0. The quantitative estimate of drug-likeness (QED) is 0.502. The summed E-state index contributed by atoms with van der Waals surface area (Å²) in [6, 6.07) is 17.1. The lowest BCUT2D eigenvalue weighted by Crippen LogP contribution is -2.32. The second kappa shape index (κ2) is 10.8. The molecule has 0 bridgehead atoms. The average Bonchev–Trinajstić information content (AvgIpc) is 3.52. The molecule has 3 aromatic rings. The normalized spacial score (nSPS) is 16.8. The third-order valence-electron chi connectivity index (χ3n) is 6.34. The zero-order valence-corrected chi connectivity index (χ0v) is 19.7. The fourth-order valence-corrected chi connectivity index (χ4v) is 4.23. The Kier molecular flexibility index (Phi) is 7.57. The van der Waals surface area contributed by atoms with E-state index in [9.17, 15) is 4.79 Å². The maximum atomic E-state index is 12.5. The van der Waals surface area contributed by atoms with Crippen molar-refractivity contribution in [3.05, 3.63) is 88.6 Å². The lowest BCUT2D eigenvalue weighted by molar-refractivity contribution is 0.0853. The van der Waals surface area contributed by atoms with Crippen LogP contribution in [0.3, 0.4) is 0 Å². The molecule has 6 heteroatoms. The highest BCUT2D eigenvalue weighted by Gasteiger charge is 2.22. The number of aromatic nitrogens is 1. The molecule has 33 heavy (non-hydrogen) atoms. The first-order valence-electron chi connectivity index (χ1n) is 11.7. The van der Waals surface area contributed by atoms with Crippen LogP contribution < -0.4 is 5.32 Å². The second-order valence-electron chi connectivity index (χ2n) is 8.89. The summed E-state index contributed by atoms with van der Waals surface area (Å²) in [6.45, 7) is 8.98. The fraction of sp³-hybridized carbons (Fsp3) is 0.407. The van der Waals surface area contributed by atoms with Crippen LogP contribution >= 0.6 is 0 Å². The molecule has 1 saturated heterocycles. The van der Waals surface area contributed by atoms with Crippen LogP contribution in [0.2, 0.25) is 0 Å². The molecule has 1 amide bonds. The first kappa shape index (κ1) is 23.2. The Hall–Kier alpha value is -2.96. The molecule has 0 saturated carbocycles. The van der Waals surface area contributed by atoms with E-state index in [-0.39, 0.29) is 18.1 Å². The molecule has 1 N–H and O–H groups in total. The van der Waals surface area contributed by atoms with Crippen LogP contribution in [0.15, 0.2) is 59.2 Å². The van der Waals surface area contributed by atoms with Gasteiger partial charge in [-0.25, -0.2) is 4.98 Å². The van der Waals surface area contributed by atoms with Crippen molar-refractivity contribution in [3.8, 4) is 0 Å². The monoisotopic (exact) mass is 447 g/mol. The third-order valence-corrected chi connectivity index (χ3v) is 6.34. The number of benzene rings is 2. The largest absolute Gasteiger partial charge is 0.447 e. The molecule has 4 rings (SSSR count). The van der Waals surface area contributed by atoms with Gasteiger partial charge in [0.1, 0.15) is 6.26 Å². The van der Waals surface area contributed by atoms with Crippen molar-refractivity contribution in [2.24, 2.45) is 0 Å². The number of carbonyl (C=O) groups excluding carboxylic acids is 1. The molecule has 0 unspecified atom stereocenters. The molecule has 1 aliphatic rings. The molecule has 174 valence electrons. The number of hydrogen-bond acceptors (Lipinski definition) is 5. The molecule has 0 aliphatic carbocycles. The fourth-order valence-electron chi connectivity index (χ4n) is 4.23. The van der Waals surface area contributed by atoms with E-state index >= 15 is 0 Å². The maximum absolute atomic E-state index is 12.5. The Labute approximate surface area is 196 Å². The summed E-state index contributed by atoms with van der Waals surface area (Å²) in [7, 11) is 0. The van der Waals surface area contributed by atoms with Gasteiger partial charge in [-0.1, -0.05) is 54.1 Å². The van der Waals surface area contributed by atoms with Gasteiger partial charge in [-0.2, -0.15) is 0 Å². The van der Waals surface area contributed by atoms with Crippen molar-refractivity contribution in [2.75, 3.05) is 13.2 Å². The van der Waals surface area contributed by atoms with E-state index in [2.05, 4.69) is 78.4 Å². The van der Waals surface area contributed by atoms with Gasteiger partial charge in [0.2, 0.25) is 5.89 Å². The van der Waals surface area contributed by atoms with Gasteiger partial charge in [-0.15, -0.1) is 0 Å². The van der Waals surface area contributed by atoms with Gasteiger partial charge >= 0.3 is 0 Å². The standard InChI is InChI=1S/C27H33N3O3/c1-19-11-12-20(2)23(14-19)16-30(21(3)22-8-5-4-6-9-22)17-26-29-25(18-33-26)27(31)28-15-24-10-7-13-32-24/h4-6,8-9,11-12,14,18,21,24H,7,10,13,15-17H2,1-3H3,(H,28,31)/t21-,24+/m0/s1. The summed E-state index contributed by atoms with van der Waals surface area (Å²) < 4.78 is 11.3. The van der Waals surface area contributed by atoms with Gasteiger partial charge in [-0.05, 0) is 50.3 Å². The number of oxazole rings is 1. The molecule has 2 atom stereocenters. The summed E-state index contributed by atoms with van der Waals surface area (Å²) in [5.41, 5.74) is 5.31. The van der Waals surface area contributed by atoms with Crippen molar-refractivity contribution >= 4 is 5.91 Å². The molecule has 2 heterocycles. The predicted octanol–water partition coefficient (Wildman–Crippen LogP) is 4.96.